The summed E-state index contributed by atoms with van der Waals surface area (Å²) in [6.45, 7) is 0. The van der Waals surface area contributed by atoms with Gasteiger partial charge in [-0.15, -0.1) is 0 Å². The Morgan fingerprint density at radius 3 is 2.38 bits per heavy atom. The number of aliphatic carboxylic acids is 1. The van der Waals surface area contributed by atoms with E-state index in [0.717, 1.165) is 18.9 Å². The summed E-state index contributed by atoms with van der Waals surface area (Å²) in [5.41, 5.74) is 0.736. The number of anilines is 2. The number of para-hydroxylation sites is 1. The number of carboxylic acid groups (broad SMARTS) is 1. The maximum atomic E-state index is 13.3. The second kappa shape index (κ2) is 9.05. The molecule has 3 rings (SSSR count). The first-order valence-electron chi connectivity index (χ1n) is 9.24. The van der Waals surface area contributed by atoms with E-state index in [0.29, 0.717) is 18.5 Å². The second-order valence-electron chi connectivity index (χ2n) is 6.93. The van der Waals surface area contributed by atoms with Gasteiger partial charge in [0.05, 0.1) is 16.3 Å². The van der Waals surface area contributed by atoms with Gasteiger partial charge in [-0.1, -0.05) is 36.6 Å². The van der Waals surface area contributed by atoms with Crippen LogP contribution in [-0.4, -0.2) is 17.8 Å². The Hall–Kier alpha value is -2.93. The lowest BCUT2D eigenvalue weighted by atomic mass is 9.78. The van der Waals surface area contributed by atoms with Crippen LogP contribution < -0.4 is 15.7 Å². The standard InChI is InChI=1S/C21H20ClFN2O4/c22-16-11-12(9-10-17(16)23)24-20(27)15-7-3-4-8-18(15)25-19(26)13-5-1-2-6-14(13)21(28)29/h3-4,7-11,13-14H,1-2,5-6H2,(H,24,27)(H,25,26)(H,28,29)/p-1/t13-,14+/m0/s1. The van der Waals surface area contributed by atoms with Gasteiger partial charge in [0.2, 0.25) is 5.91 Å². The number of hydrogen-bond acceptors (Lipinski definition) is 4. The summed E-state index contributed by atoms with van der Waals surface area (Å²) in [6.07, 6.45) is 2.35. The van der Waals surface area contributed by atoms with Gasteiger partial charge in [-0.05, 0) is 43.2 Å². The quantitative estimate of drug-likeness (QED) is 0.780. The Morgan fingerprint density at radius 2 is 1.69 bits per heavy atom. The van der Waals surface area contributed by atoms with Crippen LogP contribution in [-0.2, 0) is 9.59 Å². The maximum absolute atomic E-state index is 13.3. The van der Waals surface area contributed by atoms with Crippen LogP contribution in [0.25, 0.3) is 0 Å². The van der Waals surface area contributed by atoms with E-state index in [2.05, 4.69) is 10.6 Å². The average molecular weight is 418 g/mol. The number of nitrogens with one attached hydrogen (secondary N) is 2. The van der Waals surface area contributed by atoms with Crippen LogP contribution in [0.4, 0.5) is 15.8 Å². The fourth-order valence-corrected chi connectivity index (χ4v) is 3.70. The SMILES string of the molecule is O=C(Nc1ccc(F)c(Cl)c1)c1ccccc1NC(=O)[C@H]1CCCC[C@H]1C(=O)[O-]. The van der Waals surface area contributed by atoms with E-state index < -0.39 is 35.4 Å². The molecule has 0 unspecified atom stereocenters. The molecule has 2 atom stereocenters. The molecule has 1 fully saturated rings. The van der Waals surface area contributed by atoms with Crippen LogP contribution in [0, 0.1) is 17.7 Å². The molecule has 6 nitrogen and oxygen atoms in total. The lowest BCUT2D eigenvalue weighted by Crippen LogP contribution is -2.42. The summed E-state index contributed by atoms with van der Waals surface area (Å²) in [4.78, 5) is 36.7. The van der Waals surface area contributed by atoms with Crippen molar-refractivity contribution in [3.05, 3.63) is 58.9 Å². The first kappa shape index (κ1) is 20.8. The van der Waals surface area contributed by atoms with Crippen molar-refractivity contribution in [2.45, 2.75) is 25.7 Å². The summed E-state index contributed by atoms with van der Waals surface area (Å²) in [5.74, 6) is -4.36. The molecular weight excluding hydrogens is 399 g/mol. The van der Waals surface area contributed by atoms with E-state index in [9.17, 15) is 23.9 Å². The Bertz CT molecular complexity index is 950. The molecule has 2 aromatic rings. The third kappa shape index (κ3) is 4.92. The summed E-state index contributed by atoms with van der Waals surface area (Å²) in [6, 6.07) is 10.1. The van der Waals surface area contributed by atoms with Gasteiger partial charge in [-0.3, -0.25) is 9.59 Å². The van der Waals surface area contributed by atoms with Gasteiger partial charge in [0.15, 0.2) is 0 Å². The summed E-state index contributed by atoms with van der Waals surface area (Å²) < 4.78 is 13.3. The van der Waals surface area contributed by atoms with Gasteiger partial charge in [-0.2, -0.15) is 0 Å². The molecule has 0 heterocycles. The van der Waals surface area contributed by atoms with Gasteiger partial charge in [0.1, 0.15) is 5.82 Å². The van der Waals surface area contributed by atoms with Crippen LogP contribution in [0.15, 0.2) is 42.5 Å². The van der Waals surface area contributed by atoms with E-state index >= 15 is 0 Å². The van der Waals surface area contributed by atoms with Crippen molar-refractivity contribution in [1.82, 2.24) is 0 Å². The maximum Gasteiger partial charge on any atom is 0.257 e. The van der Waals surface area contributed by atoms with Crippen molar-refractivity contribution in [3.8, 4) is 0 Å². The highest BCUT2D eigenvalue weighted by Crippen LogP contribution is 2.31. The van der Waals surface area contributed by atoms with Gasteiger partial charge in [0.25, 0.3) is 5.91 Å². The third-order valence-corrected chi connectivity index (χ3v) is 5.30. The van der Waals surface area contributed by atoms with E-state index in [-0.39, 0.29) is 16.3 Å². The van der Waals surface area contributed by atoms with E-state index in [1.807, 2.05) is 0 Å². The smallest absolute Gasteiger partial charge is 0.257 e. The molecule has 0 aromatic heterocycles. The van der Waals surface area contributed by atoms with Crippen LogP contribution in [0.1, 0.15) is 36.0 Å². The van der Waals surface area contributed by atoms with Gasteiger partial charge < -0.3 is 20.5 Å². The van der Waals surface area contributed by atoms with Crippen molar-refractivity contribution in [2.75, 3.05) is 10.6 Å². The number of rotatable bonds is 5. The monoisotopic (exact) mass is 417 g/mol. The molecule has 1 aliphatic rings. The van der Waals surface area contributed by atoms with Gasteiger partial charge in [-0.25, -0.2) is 4.39 Å². The molecule has 8 heteroatoms. The number of carboxylic acids is 1. The number of amides is 2. The first-order chi connectivity index (χ1) is 13.9. The van der Waals surface area contributed by atoms with Crippen LogP contribution in [0.2, 0.25) is 5.02 Å². The molecule has 1 saturated carbocycles. The number of carbonyl (C=O) groups is 3. The number of benzene rings is 2. The van der Waals surface area contributed by atoms with E-state index in [4.69, 9.17) is 11.6 Å². The fraction of sp³-hybridized carbons (Fsp3) is 0.286. The normalized spacial score (nSPS) is 18.7. The molecule has 152 valence electrons. The minimum Gasteiger partial charge on any atom is -0.550 e. The summed E-state index contributed by atoms with van der Waals surface area (Å²) in [7, 11) is 0. The van der Waals surface area contributed by atoms with Crippen molar-refractivity contribution in [2.24, 2.45) is 11.8 Å². The van der Waals surface area contributed by atoms with Crippen molar-refractivity contribution < 1.29 is 23.9 Å². The largest absolute Gasteiger partial charge is 0.550 e. The molecule has 0 saturated heterocycles. The average Bonchev–Trinajstić information content (AvgIpc) is 2.71. The second-order valence-corrected chi connectivity index (χ2v) is 7.34. The van der Waals surface area contributed by atoms with Crippen LogP contribution in [0.5, 0.6) is 0 Å². The zero-order valence-electron chi connectivity index (χ0n) is 15.4. The molecule has 0 spiro atoms. The minimum atomic E-state index is -1.23. The molecule has 2 N–H and O–H groups in total. The van der Waals surface area contributed by atoms with Gasteiger partial charge >= 0.3 is 0 Å². The summed E-state index contributed by atoms with van der Waals surface area (Å²) >= 11 is 5.73. The molecular formula is C21H19ClFN2O4-. The highest BCUT2D eigenvalue weighted by molar-refractivity contribution is 6.31. The Labute approximate surface area is 172 Å². The zero-order valence-corrected chi connectivity index (χ0v) is 16.2. The Morgan fingerprint density at radius 1 is 1.00 bits per heavy atom. The zero-order chi connectivity index (χ0) is 21.0. The van der Waals surface area contributed by atoms with E-state index in [1.54, 1.807) is 18.2 Å². The predicted octanol–water partition coefficient (Wildman–Crippen LogP) is 3.23. The fourth-order valence-electron chi connectivity index (χ4n) is 3.51. The Kier molecular flexibility index (Phi) is 6.49. The molecule has 0 bridgehead atoms. The number of halogens is 2. The van der Waals surface area contributed by atoms with Crippen LogP contribution in [0.3, 0.4) is 0 Å². The molecule has 2 amide bonds. The van der Waals surface area contributed by atoms with E-state index in [1.165, 1.54) is 18.2 Å². The topological polar surface area (TPSA) is 98.3 Å². The van der Waals surface area contributed by atoms with Crippen molar-refractivity contribution in [3.63, 3.8) is 0 Å². The highest BCUT2D eigenvalue weighted by atomic mass is 35.5. The van der Waals surface area contributed by atoms with Gasteiger partial charge in [0, 0.05) is 23.5 Å². The predicted molar refractivity (Wildman–Crippen MR) is 105 cm³/mol. The summed E-state index contributed by atoms with van der Waals surface area (Å²) in [5, 5.41) is 16.5. The molecule has 29 heavy (non-hydrogen) atoms. The highest BCUT2D eigenvalue weighted by Gasteiger charge is 2.32. The first-order valence-corrected chi connectivity index (χ1v) is 9.61. The molecule has 0 radical (unpaired) electrons. The lowest BCUT2D eigenvalue weighted by molar-refractivity contribution is -0.313. The number of hydrogen-bond donors (Lipinski definition) is 2. The molecule has 1 aliphatic carbocycles. The minimum absolute atomic E-state index is 0.130. The Balaban J connectivity index is 1.77. The lowest BCUT2D eigenvalue weighted by Gasteiger charge is -2.31. The van der Waals surface area contributed by atoms with Crippen molar-refractivity contribution in [1.29, 1.82) is 0 Å². The molecule has 0 aliphatic heterocycles. The van der Waals surface area contributed by atoms with Crippen molar-refractivity contribution >= 4 is 40.8 Å². The third-order valence-electron chi connectivity index (χ3n) is 5.01. The molecule has 2 aromatic carbocycles. The van der Waals surface area contributed by atoms with Crippen LogP contribution >= 0.6 is 11.6 Å². The number of carbonyl (C=O) groups excluding carboxylic acids is 3.